The Morgan fingerprint density at radius 2 is 1.91 bits per heavy atom. The van der Waals surface area contributed by atoms with Gasteiger partial charge in [-0.1, -0.05) is 30.3 Å². The number of rotatable bonds is 8. The number of aromatic amines is 1. The van der Waals surface area contributed by atoms with Crippen LogP contribution in [0.1, 0.15) is 49.7 Å². The van der Waals surface area contributed by atoms with Crippen molar-refractivity contribution in [3.05, 3.63) is 65.6 Å². The number of benzene rings is 2. The molecule has 1 N–H and O–H groups in total. The molecule has 1 aliphatic heterocycles. The highest BCUT2D eigenvalue weighted by atomic mass is 19.1. The van der Waals surface area contributed by atoms with Gasteiger partial charge in [-0.2, -0.15) is 0 Å². The zero-order valence-corrected chi connectivity index (χ0v) is 20.7. The van der Waals surface area contributed by atoms with E-state index in [4.69, 9.17) is 4.74 Å². The van der Waals surface area contributed by atoms with Gasteiger partial charge in [-0.15, -0.1) is 0 Å². The van der Waals surface area contributed by atoms with Gasteiger partial charge in [0.2, 0.25) is 0 Å². The Bertz CT molecular complexity index is 1100. The Labute approximate surface area is 201 Å². The smallest absolute Gasteiger partial charge is 0.270 e. The number of hydrogen-bond donors (Lipinski definition) is 1. The monoisotopic (exact) mass is 465 g/mol. The topological polar surface area (TPSA) is 48.6 Å². The van der Waals surface area contributed by atoms with Gasteiger partial charge in [-0.3, -0.25) is 9.69 Å². The second-order valence-electron chi connectivity index (χ2n) is 9.97. The fraction of sp³-hybridized carbons (Fsp3) is 0.464. The van der Waals surface area contributed by atoms with E-state index in [2.05, 4.69) is 23.7 Å². The van der Waals surface area contributed by atoms with Gasteiger partial charge in [-0.05, 0) is 82.8 Å². The highest BCUT2D eigenvalue weighted by Gasteiger charge is 2.33. The van der Waals surface area contributed by atoms with Crippen molar-refractivity contribution < 1.29 is 13.9 Å². The van der Waals surface area contributed by atoms with Crippen LogP contribution >= 0.6 is 0 Å². The maximum Gasteiger partial charge on any atom is 0.270 e. The van der Waals surface area contributed by atoms with Crippen LogP contribution in [0.2, 0.25) is 0 Å². The first-order valence-electron chi connectivity index (χ1n) is 12.3. The number of piperidine rings is 1. The molecule has 182 valence electrons. The maximum absolute atomic E-state index is 14.1. The molecule has 6 heteroatoms. The highest BCUT2D eigenvalue weighted by molar-refractivity contribution is 5.98. The Balaban J connectivity index is 1.36. The number of amides is 1. The molecule has 1 fully saturated rings. The maximum atomic E-state index is 14.1. The third-order valence-corrected chi connectivity index (χ3v) is 7.25. The fourth-order valence-electron chi connectivity index (χ4n) is 5.25. The Hall–Kier alpha value is -2.86. The Morgan fingerprint density at radius 3 is 2.59 bits per heavy atom. The summed E-state index contributed by atoms with van der Waals surface area (Å²) in [7, 11) is 1.52. The molecule has 5 nitrogen and oxygen atoms in total. The number of para-hydroxylation sites is 2. The fourth-order valence-corrected chi connectivity index (χ4v) is 5.25. The number of H-pyrrole nitrogens is 1. The summed E-state index contributed by atoms with van der Waals surface area (Å²) < 4.78 is 19.5. The molecule has 1 aromatic heterocycles. The van der Waals surface area contributed by atoms with Crippen molar-refractivity contribution in [1.82, 2.24) is 14.8 Å². The first kappa shape index (κ1) is 24.3. The number of aromatic nitrogens is 1. The number of carbonyl (C=O) groups excluding carboxylic acids is 1. The number of ether oxygens (including phenoxy) is 1. The van der Waals surface area contributed by atoms with E-state index in [0.29, 0.717) is 23.9 Å². The number of hydrogen-bond acceptors (Lipinski definition) is 3. The molecule has 2 heterocycles. The van der Waals surface area contributed by atoms with Gasteiger partial charge in [0.05, 0.1) is 7.11 Å². The molecule has 0 atom stereocenters. The summed E-state index contributed by atoms with van der Waals surface area (Å²) >= 11 is 0. The van der Waals surface area contributed by atoms with Crippen LogP contribution in [0, 0.1) is 11.7 Å². The summed E-state index contributed by atoms with van der Waals surface area (Å²) in [5.41, 5.74) is 2.44. The van der Waals surface area contributed by atoms with Gasteiger partial charge < -0.3 is 14.6 Å². The average molecular weight is 466 g/mol. The highest BCUT2D eigenvalue weighted by Crippen LogP contribution is 2.31. The second-order valence-corrected chi connectivity index (χ2v) is 9.97. The Kier molecular flexibility index (Phi) is 7.27. The van der Waals surface area contributed by atoms with Crippen molar-refractivity contribution in [3.8, 4) is 5.75 Å². The van der Waals surface area contributed by atoms with Crippen LogP contribution in [0.5, 0.6) is 5.75 Å². The van der Waals surface area contributed by atoms with E-state index >= 15 is 0 Å². The largest absolute Gasteiger partial charge is 0.493 e. The number of nitrogens with one attached hydrogen (secondary N) is 1. The number of carbonyl (C=O) groups is 1. The third kappa shape index (κ3) is 5.12. The van der Waals surface area contributed by atoms with Crippen molar-refractivity contribution in [2.45, 2.75) is 45.6 Å². The Morgan fingerprint density at radius 1 is 1.18 bits per heavy atom. The van der Waals surface area contributed by atoms with Crippen molar-refractivity contribution >= 4 is 16.8 Å². The summed E-state index contributed by atoms with van der Waals surface area (Å²) in [5.74, 6) is 0.581. The summed E-state index contributed by atoms with van der Waals surface area (Å²) in [6.07, 6.45) is 2.80. The van der Waals surface area contributed by atoms with Crippen molar-refractivity contribution in [2.75, 3.05) is 33.3 Å². The molecule has 0 saturated carbocycles. The van der Waals surface area contributed by atoms with Crippen molar-refractivity contribution in [2.24, 2.45) is 5.92 Å². The number of likely N-dealkylation sites (tertiary alicyclic amines) is 1. The summed E-state index contributed by atoms with van der Waals surface area (Å²) in [5, 5.41) is 1.06. The molecule has 0 radical (unpaired) electrons. The van der Waals surface area contributed by atoms with Crippen LogP contribution in [0.4, 0.5) is 4.39 Å². The number of halogens is 1. The lowest BCUT2D eigenvalue weighted by atomic mass is 9.87. The molecule has 3 aromatic rings. The first-order valence-corrected chi connectivity index (χ1v) is 12.3. The SMILES string of the molecule is CCN(CC1CCN(C(C)(C)Cc2cccc(F)c2OC)CC1)C(=O)c1cc2ccccc2[nH]1. The summed E-state index contributed by atoms with van der Waals surface area (Å²) in [4.78, 5) is 20.9. The molecule has 1 saturated heterocycles. The van der Waals surface area contributed by atoms with Gasteiger partial charge in [0, 0.05) is 29.5 Å². The van der Waals surface area contributed by atoms with Crippen molar-refractivity contribution in [1.29, 1.82) is 0 Å². The lowest BCUT2D eigenvalue weighted by molar-refractivity contribution is 0.0544. The van der Waals surface area contributed by atoms with E-state index < -0.39 is 0 Å². The number of nitrogens with zero attached hydrogens (tertiary/aromatic N) is 2. The van der Waals surface area contributed by atoms with E-state index in [1.807, 2.05) is 48.2 Å². The van der Waals surface area contributed by atoms with Crippen LogP contribution in [0.15, 0.2) is 48.5 Å². The van der Waals surface area contributed by atoms with Gasteiger partial charge in [0.15, 0.2) is 11.6 Å². The molecule has 1 aliphatic rings. The van der Waals surface area contributed by atoms with E-state index in [-0.39, 0.29) is 17.3 Å². The molecule has 4 rings (SSSR count). The molecular formula is C28H36FN3O2. The van der Waals surface area contributed by atoms with Gasteiger partial charge in [0.25, 0.3) is 5.91 Å². The van der Waals surface area contributed by atoms with Gasteiger partial charge in [0.1, 0.15) is 5.69 Å². The van der Waals surface area contributed by atoms with Gasteiger partial charge in [-0.25, -0.2) is 4.39 Å². The van der Waals surface area contributed by atoms with Crippen LogP contribution in [-0.2, 0) is 6.42 Å². The zero-order chi connectivity index (χ0) is 24.3. The molecule has 0 aliphatic carbocycles. The zero-order valence-electron chi connectivity index (χ0n) is 20.7. The van der Waals surface area contributed by atoms with Crippen LogP contribution in [0.3, 0.4) is 0 Å². The quantitative estimate of drug-likeness (QED) is 0.477. The molecule has 34 heavy (non-hydrogen) atoms. The molecule has 0 unspecified atom stereocenters. The molecule has 0 spiro atoms. The van der Waals surface area contributed by atoms with Crippen molar-refractivity contribution in [3.63, 3.8) is 0 Å². The lowest BCUT2D eigenvalue weighted by Crippen LogP contribution is -2.50. The van der Waals surface area contributed by atoms with E-state index in [9.17, 15) is 9.18 Å². The molecule has 2 aromatic carbocycles. The van der Waals surface area contributed by atoms with Crippen LogP contribution < -0.4 is 4.74 Å². The number of methoxy groups -OCH3 is 1. The normalized spacial score (nSPS) is 15.6. The van der Waals surface area contributed by atoms with E-state index in [0.717, 1.165) is 55.4 Å². The summed E-state index contributed by atoms with van der Waals surface area (Å²) in [6.45, 7) is 9.88. The standard InChI is InChI=1S/C28H36FN3O2/c1-5-31(27(33)25-17-21-9-6-7-12-24(21)30-25)19-20-13-15-32(16-14-20)28(2,3)18-22-10-8-11-23(29)26(22)34-4/h6-12,17,20,30H,5,13-16,18-19H2,1-4H3. The molecule has 0 bridgehead atoms. The van der Waals surface area contributed by atoms with Crippen LogP contribution in [-0.4, -0.2) is 59.5 Å². The predicted molar refractivity (Wildman–Crippen MR) is 135 cm³/mol. The molecular weight excluding hydrogens is 429 g/mol. The lowest BCUT2D eigenvalue weighted by Gasteiger charge is -2.44. The first-order chi connectivity index (χ1) is 16.3. The second kappa shape index (κ2) is 10.2. The summed E-state index contributed by atoms with van der Waals surface area (Å²) in [6, 6.07) is 15.1. The van der Waals surface area contributed by atoms with E-state index in [1.165, 1.54) is 13.2 Å². The van der Waals surface area contributed by atoms with Crippen LogP contribution in [0.25, 0.3) is 10.9 Å². The third-order valence-electron chi connectivity index (χ3n) is 7.25. The molecule has 1 amide bonds. The average Bonchev–Trinajstić information content (AvgIpc) is 3.27. The predicted octanol–water partition coefficient (Wildman–Crippen LogP) is 5.51. The van der Waals surface area contributed by atoms with E-state index in [1.54, 1.807) is 6.07 Å². The minimum absolute atomic E-state index is 0.0691. The minimum Gasteiger partial charge on any atom is -0.493 e. The number of fused-ring (bicyclic) bond motifs is 1. The van der Waals surface area contributed by atoms with Gasteiger partial charge >= 0.3 is 0 Å². The minimum atomic E-state index is -0.311.